The number of rotatable bonds is 4. The Balaban J connectivity index is 2.16. The Morgan fingerprint density at radius 1 is 1.50 bits per heavy atom. The van der Waals surface area contributed by atoms with Gasteiger partial charge in [0.05, 0.1) is 12.3 Å². The van der Waals surface area contributed by atoms with E-state index in [-0.39, 0.29) is 6.10 Å². The maximum absolute atomic E-state index is 5.80. The van der Waals surface area contributed by atoms with Crippen molar-refractivity contribution in [1.29, 1.82) is 0 Å². The Labute approximate surface area is 109 Å². The molecule has 5 nitrogen and oxygen atoms in total. The quantitative estimate of drug-likeness (QED) is 0.860. The third-order valence-electron chi connectivity index (χ3n) is 3.17. The second-order valence-electron chi connectivity index (χ2n) is 4.64. The molecule has 18 heavy (non-hydrogen) atoms. The molecule has 2 heterocycles. The van der Waals surface area contributed by atoms with Crippen LogP contribution in [0, 0.1) is 6.92 Å². The van der Waals surface area contributed by atoms with Gasteiger partial charge in [0.25, 0.3) is 0 Å². The second kappa shape index (κ2) is 6.22. The van der Waals surface area contributed by atoms with E-state index in [0.717, 1.165) is 50.0 Å². The first-order valence-electron chi connectivity index (χ1n) is 6.56. The first kappa shape index (κ1) is 13.4. The maximum Gasteiger partial charge on any atom is 0.158 e. The van der Waals surface area contributed by atoms with E-state index in [0.29, 0.717) is 0 Å². The highest BCUT2D eigenvalue weighted by atomic mass is 16.5. The van der Waals surface area contributed by atoms with Crippen LogP contribution in [0.1, 0.15) is 30.2 Å². The number of nitrogens with one attached hydrogen (secondary N) is 1. The molecule has 100 valence electrons. The lowest BCUT2D eigenvalue weighted by molar-refractivity contribution is -0.0327. The molecule has 1 atom stereocenters. The van der Waals surface area contributed by atoms with E-state index in [9.17, 15) is 0 Å². The average molecular weight is 250 g/mol. The molecule has 0 saturated carbocycles. The van der Waals surface area contributed by atoms with Crippen LogP contribution < -0.4 is 5.32 Å². The van der Waals surface area contributed by atoms with Gasteiger partial charge in [-0.15, -0.1) is 0 Å². The summed E-state index contributed by atoms with van der Waals surface area (Å²) in [6.45, 7) is 8.64. The van der Waals surface area contributed by atoms with Crippen LogP contribution in [0.25, 0.3) is 0 Å². The Morgan fingerprint density at radius 2 is 2.33 bits per heavy atom. The lowest BCUT2D eigenvalue weighted by atomic mass is 10.2. The van der Waals surface area contributed by atoms with Gasteiger partial charge in [-0.2, -0.15) is 0 Å². The zero-order chi connectivity index (χ0) is 13.0. The standard InChI is InChI=1S/C13H22N4O/c1-4-17-5-6-18-12(9-17)13-15-10(2)7-11(16-13)8-14-3/h7,12,14H,4-6,8-9H2,1-3H3. The predicted molar refractivity (Wildman–Crippen MR) is 70.3 cm³/mol. The van der Waals surface area contributed by atoms with Crippen LogP contribution in [0.5, 0.6) is 0 Å². The van der Waals surface area contributed by atoms with Crippen molar-refractivity contribution in [2.24, 2.45) is 0 Å². The highest BCUT2D eigenvalue weighted by Gasteiger charge is 2.23. The van der Waals surface area contributed by atoms with Crippen molar-refractivity contribution in [3.8, 4) is 0 Å². The minimum Gasteiger partial charge on any atom is -0.368 e. The highest BCUT2D eigenvalue weighted by molar-refractivity contribution is 5.11. The molecule has 1 N–H and O–H groups in total. The monoisotopic (exact) mass is 250 g/mol. The van der Waals surface area contributed by atoms with Crippen molar-refractivity contribution in [1.82, 2.24) is 20.2 Å². The fraction of sp³-hybridized carbons (Fsp3) is 0.692. The molecule has 1 aliphatic rings. The second-order valence-corrected chi connectivity index (χ2v) is 4.64. The molecule has 2 rings (SSSR count). The van der Waals surface area contributed by atoms with E-state index in [2.05, 4.69) is 27.1 Å². The van der Waals surface area contributed by atoms with E-state index in [1.54, 1.807) is 0 Å². The van der Waals surface area contributed by atoms with Gasteiger partial charge in [0.2, 0.25) is 0 Å². The van der Waals surface area contributed by atoms with E-state index in [4.69, 9.17) is 4.74 Å². The van der Waals surface area contributed by atoms with Crippen LogP contribution in [-0.2, 0) is 11.3 Å². The van der Waals surface area contributed by atoms with Gasteiger partial charge in [0, 0.05) is 25.3 Å². The first-order valence-corrected chi connectivity index (χ1v) is 6.56. The van der Waals surface area contributed by atoms with E-state index in [1.807, 2.05) is 20.0 Å². The Hall–Kier alpha value is -1.04. The summed E-state index contributed by atoms with van der Waals surface area (Å²) in [7, 11) is 1.92. The van der Waals surface area contributed by atoms with Crippen molar-refractivity contribution < 1.29 is 4.74 Å². The minimum absolute atomic E-state index is 0.00852. The van der Waals surface area contributed by atoms with Gasteiger partial charge in [0.15, 0.2) is 5.82 Å². The molecule has 0 radical (unpaired) electrons. The lowest BCUT2D eigenvalue weighted by Crippen LogP contribution is -2.38. The van der Waals surface area contributed by atoms with Gasteiger partial charge in [-0.25, -0.2) is 9.97 Å². The summed E-state index contributed by atoms with van der Waals surface area (Å²) in [4.78, 5) is 11.5. The highest BCUT2D eigenvalue weighted by Crippen LogP contribution is 2.19. The van der Waals surface area contributed by atoms with Crippen LogP contribution in [-0.4, -0.2) is 48.2 Å². The van der Waals surface area contributed by atoms with Crippen molar-refractivity contribution >= 4 is 0 Å². The number of hydrogen-bond acceptors (Lipinski definition) is 5. The smallest absolute Gasteiger partial charge is 0.158 e. The summed E-state index contributed by atoms with van der Waals surface area (Å²) in [5.74, 6) is 0.818. The summed E-state index contributed by atoms with van der Waals surface area (Å²) in [5, 5.41) is 3.12. The van der Waals surface area contributed by atoms with E-state index in [1.165, 1.54) is 0 Å². The molecule has 1 aromatic heterocycles. The van der Waals surface area contributed by atoms with Crippen molar-refractivity contribution in [2.75, 3.05) is 33.3 Å². The van der Waals surface area contributed by atoms with Gasteiger partial charge in [0.1, 0.15) is 6.10 Å². The van der Waals surface area contributed by atoms with Gasteiger partial charge in [-0.1, -0.05) is 6.92 Å². The Morgan fingerprint density at radius 3 is 3.06 bits per heavy atom. The fourth-order valence-electron chi connectivity index (χ4n) is 2.22. The molecule has 1 aromatic rings. The van der Waals surface area contributed by atoms with Crippen LogP contribution in [0.4, 0.5) is 0 Å². The lowest BCUT2D eigenvalue weighted by Gasteiger charge is -2.31. The van der Waals surface area contributed by atoms with Crippen molar-refractivity contribution in [2.45, 2.75) is 26.5 Å². The minimum atomic E-state index is 0.00852. The van der Waals surface area contributed by atoms with Gasteiger partial charge < -0.3 is 10.1 Å². The molecule has 0 aliphatic carbocycles. The Kier molecular flexibility index (Phi) is 4.63. The number of ether oxygens (including phenoxy) is 1. The summed E-state index contributed by atoms with van der Waals surface area (Å²) < 4.78 is 5.80. The SMILES string of the molecule is CCN1CCOC(c2nc(C)cc(CNC)n2)C1. The Bertz CT molecular complexity index is 397. The number of morpholine rings is 1. The molecule has 0 amide bonds. The average Bonchev–Trinajstić information content (AvgIpc) is 2.38. The maximum atomic E-state index is 5.80. The largest absolute Gasteiger partial charge is 0.368 e. The number of nitrogens with zero attached hydrogens (tertiary/aromatic N) is 3. The normalized spacial score (nSPS) is 21.2. The molecule has 0 bridgehead atoms. The molecule has 1 saturated heterocycles. The van der Waals surface area contributed by atoms with E-state index >= 15 is 0 Å². The van der Waals surface area contributed by atoms with Crippen molar-refractivity contribution in [3.63, 3.8) is 0 Å². The zero-order valence-corrected chi connectivity index (χ0v) is 11.4. The molecule has 1 aliphatic heterocycles. The first-order chi connectivity index (χ1) is 8.72. The van der Waals surface area contributed by atoms with Crippen LogP contribution in [0.2, 0.25) is 0 Å². The summed E-state index contributed by atoms with van der Waals surface area (Å²) in [6, 6.07) is 2.01. The van der Waals surface area contributed by atoms with Gasteiger partial charge >= 0.3 is 0 Å². The number of hydrogen-bond donors (Lipinski definition) is 1. The zero-order valence-electron chi connectivity index (χ0n) is 11.4. The number of aryl methyl sites for hydroxylation is 1. The van der Waals surface area contributed by atoms with Crippen LogP contribution >= 0.6 is 0 Å². The molecule has 0 aromatic carbocycles. The third kappa shape index (κ3) is 3.25. The summed E-state index contributed by atoms with van der Waals surface area (Å²) >= 11 is 0. The fourth-order valence-corrected chi connectivity index (χ4v) is 2.22. The molecule has 1 fully saturated rings. The topological polar surface area (TPSA) is 50.3 Å². The predicted octanol–water partition coefficient (Wildman–Crippen LogP) is 0.898. The third-order valence-corrected chi connectivity index (χ3v) is 3.17. The van der Waals surface area contributed by atoms with Gasteiger partial charge in [-0.3, -0.25) is 4.90 Å². The van der Waals surface area contributed by atoms with Crippen LogP contribution in [0.3, 0.4) is 0 Å². The van der Waals surface area contributed by atoms with Crippen molar-refractivity contribution in [3.05, 3.63) is 23.3 Å². The molecular weight excluding hydrogens is 228 g/mol. The molecule has 5 heteroatoms. The van der Waals surface area contributed by atoms with Gasteiger partial charge in [-0.05, 0) is 26.6 Å². The summed E-state index contributed by atoms with van der Waals surface area (Å²) in [6.07, 6.45) is 0.00852. The number of aromatic nitrogens is 2. The number of likely N-dealkylation sites (N-methyl/N-ethyl adjacent to an activating group) is 1. The molecule has 1 unspecified atom stereocenters. The summed E-state index contributed by atoms with van der Waals surface area (Å²) in [5.41, 5.74) is 2.03. The van der Waals surface area contributed by atoms with Crippen LogP contribution in [0.15, 0.2) is 6.07 Å². The molecular formula is C13H22N4O. The van der Waals surface area contributed by atoms with E-state index < -0.39 is 0 Å². The molecule has 0 spiro atoms.